The molecule has 4 N–H and O–H groups in total. The molecule has 0 aliphatic carbocycles. The highest BCUT2D eigenvalue weighted by atomic mass is 16.2. The molecule has 0 aromatic heterocycles. The molecule has 0 spiro atoms. The molecule has 0 radical (unpaired) electrons. The van der Waals surface area contributed by atoms with Gasteiger partial charge in [0.25, 0.3) is 5.91 Å². The number of carbonyl (C=O) groups is 2. The fraction of sp³-hybridized carbons (Fsp3) is 0.273. The minimum atomic E-state index is -0.339. The van der Waals surface area contributed by atoms with E-state index in [1.165, 1.54) is 0 Å². The summed E-state index contributed by atoms with van der Waals surface area (Å²) in [5, 5.41) is 0. The summed E-state index contributed by atoms with van der Waals surface area (Å²) in [6.07, 6.45) is 0.189. The van der Waals surface area contributed by atoms with Gasteiger partial charge < -0.3 is 5.73 Å². The third-order valence-corrected chi connectivity index (χ3v) is 1.97. The predicted molar refractivity (Wildman–Crippen MR) is 60.5 cm³/mol. The van der Waals surface area contributed by atoms with Gasteiger partial charge in [-0.3, -0.25) is 20.4 Å². The molecule has 5 nitrogen and oxygen atoms in total. The Bertz CT molecular complexity index is 391. The number of hydrogen-bond acceptors (Lipinski definition) is 3. The molecule has 0 aliphatic rings. The van der Waals surface area contributed by atoms with E-state index in [1.54, 1.807) is 18.2 Å². The van der Waals surface area contributed by atoms with Crippen LogP contribution >= 0.6 is 0 Å². The lowest BCUT2D eigenvalue weighted by Crippen LogP contribution is -2.42. The smallest absolute Gasteiger partial charge is 0.269 e. The third kappa shape index (κ3) is 3.70. The number of rotatable bonds is 3. The van der Waals surface area contributed by atoms with Gasteiger partial charge in [0.15, 0.2) is 0 Å². The van der Waals surface area contributed by atoms with Crippen molar-refractivity contribution in [2.45, 2.75) is 13.3 Å². The molecule has 0 saturated carbocycles. The summed E-state index contributed by atoms with van der Waals surface area (Å²) < 4.78 is 0. The number of hydrazine groups is 1. The second-order valence-corrected chi connectivity index (χ2v) is 3.41. The van der Waals surface area contributed by atoms with Crippen molar-refractivity contribution in [3.8, 4) is 0 Å². The SMILES string of the molecule is Cc1cccc(C(=O)NNC(=O)CCN)c1. The van der Waals surface area contributed by atoms with Gasteiger partial charge >= 0.3 is 0 Å². The number of hydrogen-bond donors (Lipinski definition) is 3. The van der Waals surface area contributed by atoms with E-state index < -0.39 is 0 Å². The van der Waals surface area contributed by atoms with Gasteiger partial charge in [-0.25, -0.2) is 0 Å². The van der Waals surface area contributed by atoms with Crippen molar-refractivity contribution in [2.24, 2.45) is 5.73 Å². The molecule has 0 bridgehead atoms. The van der Waals surface area contributed by atoms with Gasteiger partial charge in [0.1, 0.15) is 0 Å². The Balaban J connectivity index is 2.50. The van der Waals surface area contributed by atoms with Gasteiger partial charge in [0, 0.05) is 18.5 Å². The van der Waals surface area contributed by atoms with E-state index in [-0.39, 0.29) is 24.8 Å². The second-order valence-electron chi connectivity index (χ2n) is 3.41. The maximum absolute atomic E-state index is 11.5. The van der Waals surface area contributed by atoms with E-state index in [1.807, 2.05) is 13.0 Å². The van der Waals surface area contributed by atoms with E-state index in [9.17, 15) is 9.59 Å². The first-order valence-electron chi connectivity index (χ1n) is 4.99. The molecular formula is C11H15N3O2. The van der Waals surface area contributed by atoms with Gasteiger partial charge in [0.2, 0.25) is 5.91 Å². The van der Waals surface area contributed by atoms with Crippen LogP contribution in [0.25, 0.3) is 0 Å². The van der Waals surface area contributed by atoms with Gasteiger partial charge in [-0.05, 0) is 19.1 Å². The number of carbonyl (C=O) groups excluding carboxylic acids is 2. The van der Waals surface area contributed by atoms with Crippen LogP contribution in [-0.4, -0.2) is 18.4 Å². The van der Waals surface area contributed by atoms with Crippen LogP contribution in [0.15, 0.2) is 24.3 Å². The molecule has 0 atom stereocenters. The molecule has 5 heteroatoms. The monoisotopic (exact) mass is 221 g/mol. The van der Waals surface area contributed by atoms with Crippen LogP contribution in [0.4, 0.5) is 0 Å². The van der Waals surface area contributed by atoms with Crippen molar-refractivity contribution >= 4 is 11.8 Å². The first kappa shape index (κ1) is 12.2. The fourth-order valence-corrected chi connectivity index (χ4v) is 1.18. The molecule has 16 heavy (non-hydrogen) atoms. The zero-order valence-electron chi connectivity index (χ0n) is 9.12. The highest BCUT2D eigenvalue weighted by Gasteiger charge is 2.06. The number of nitrogens with two attached hydrogens (primary N) is 1. The lowest BCUT2D eigenvalue weighted by Gasteiger charge is -2.06. The molecule has 1 aromatic rings. The van der Waals surface area contributed by atoms with Gasteiger partial charge in [0.05, 0.1) is 0 Å². The minimum Gasteiger partial charge on any atom is -0.330 e. The molecular weight excluding hydrogens is 206 g/mol. The van der Waals surface area contributed by atoms with Crippen molar-refractivity contribution in [3.05, 3.63) is 35.4 Å². The average molecular weight is 221 g/mol. The van der Waals surface area contributed by atoms with Crippen LogP contribution < -0.4 is 16.6 Å². The van der Waals surface area contributed by atoms with Crippen molar-refractivity contribution in [2.75, 3.05) is 6.54 Å². The van der Waals surface area contributed by atoms with Crippen LogP contribution in [0.3, 0.4) is 0 Å². The molecule has 0 fully saturated rings. The molecule has 0 saturated heterocycles. The summed E-state index contributed by atoms with van der Waals surface area (Å²) in [6, 6.07) is 7.09. The number of benzene rings is 1. The molecule has 0 aliphatic heterocycles. The number of amides is 2. The van der Waals surface area contributed by atoms with Gasteiger partial charge in [-0.1, -0.05) is 17.7 Å². The van der Waals surface area contributed by atoms with Gasteiger partial charge in [-0.2, -0.15) is 0 Å². The Morgan fingerprint density at radius 3 is 2.69 bits per heavy atom. The van der Waals surface area contributed by atoms with Crippen LogP contribution in [0, 0.1) is 6.92 Å². The molecule has 2 amide bonds. The molecule has 0 unspecified atom stereocenters. The van der Waals surface area contributed by atoms with E-state index in [2.05, 4.69) is 10.9 Å². The maximum Gasteiger partial charge on any atom is 0.269 e. The standard InChI is InChI=1S/C11H15N3O2/c1-8-3-2-4-9(7-8)11(16)14-13-10(15)5-6-12/h2-4,7H,5-6,12H2,1H3,(H,13,15)(H,14,16). The van der Waals surface area contributed by atoms with E-state index in [0.29, 0.717) is 5.56 Å². The van der Waals surface area contributed by atoms with Crippen molar-refractivity contribution in [1.29, 1.82) is 0 Å². The van der Waals surface area contributed by atoms with Crippen LogP contribution in [0.5, 0.6) is 0 Å². The largest absolute Gasteiger partial charge is 0.330 e. The fourth-order valence-electron chi connectivity index (χ4n) is 1.18. The lowest BCUT2D eigenvalue weighted by molar-refractivity contribution is -0.121. The summed E-state index contributed by atoms with van der Waals surface area (Å²) in [4.78, 5) is 22.6. The Morgan fingerprint density at radius 1 is 1.31 bits per heavy atom. The van der Waals surface area contributed by atoms with Crippen LogP contribution in [-0.2, 0) is 4.79 Å². The minimum absolute atomic E-state index is 0.189. The Hall–Kier alpha value is -1.88. The van der Waals surface area contributed by atoms with E-state index in [0.717, 1.165) is 5.56 Å². The van der Waals surface area contributed by atoms with Crippen molar-refractivity contribution in [3.63, 3.8) is 0 Å². The molecule has 1 aromatic carbocycles. The quantitative estimate of drug-likeness (QED) is 0.633. The summed E-state index contributed by atoms with van der Waals surface area (Å²) >= 11 is 0. The summed E-state index contributed by atoms with van der Waals surface area (Å²) in [5.41, 5.74) is 11.3. The number of aryl methyl sites for hydroxylation is 1. The van der Waals surface area contributed by atoms with Crippen LogP contribution in [0.2, 0.25) is 0 Å². The van der Waals surface area contributed by atoms with Crippen molar-refractivity contribution in [1.82, 2.24) is 10.9 Å². The first-order valence-corrected chi connectivity index (χ1v) is 4.99. The second kappa shape index (κ2) is 5.87. The normalized spacial score (nSPS) is 9.62. The van der Waals surface area contributed by atoms with Crippen molar-refractivity contribution < 1.29 is 9.59 Å². The zero-order chi connectivity index (χ0) is 12.0. The van der Waals surface area contributed by atoms with E-state index >= 15 is 0 Å². The lowest BCUT2D eigenvalue weighted by atomic mass is 10.1. The first-order chi connectivity index (χ1) is 7.63. The molecule has 1 rings (SSSR count). The summed E-state index contributed by atoms with van der Waals surface area (Å²) in [7, 11) is 0. The highest BCUT2D eigenvalue weighted by Crippen LogP contribution is 2.02. The summed E-state index contributed by atoms with van der Waals surface area (Å²) in [5.74, 6) is -0.641. The number of nitrogens with one attached hydrogen (secondary N) is 2. The zero-order valence-corrected chi connectivity index (χ0v) is 9.12. The predicted octanol–water partition coefficient (Wildman–Crippen LogP) is 0.105. The third-order valence-electron chi connectivity index (χ3n) is 1.97. The van der Waals surface area contributed by atoms with E-state index in [4.69, 9.17) is 5.73 Å². The van der Waals surface area contributed by atoms with Crippen LogP contribution in [0.1, 0.15) is 22.3 Å². The molecule has 86 valence electrons. The Kier molecular flexibility index (Phi) is 4.47. The Morgan fingerprint density at radius 2 is 2.06 bits per heavy atom. The maximum atomic E-state index is 11.5. The Labute approximate surface area is 94.0 Å². The van der Waals surface area contributed by atoms with Gasteiger partial charge in [-0.15, -0.1) is 0 Å². The average Bonchev–Trinajstić information content (AvgIpc) is 2.26. The highest BCUT2D eigenvalue weighted by molar-refractivity contribution is 5.95. The molecule has 0 heterocycles. The summed E-state index contributed by atoms with van der Waals surface area (Å²) in [6.45, 7) is 2.15. The topological polar surface area (TPSA) is 84.2 Å².